The van der Waals surface area contributed by atoms with E-state index < -0.39 is 25.0 Å². The van der Waals surface area contributed by atoms with Gasteiger partial charge in [-0.05, 0) is 166 Å². The smallest absolute Gasteiger partial charge is 0.184 e. The molecule has 3 aliphatic carbocycles. The first-order valence-corrected chi connectivity index (χ1v) is 27.5. The Hall–Kier alpha value is -0.249. The summed E-state index contributed by atoms with van der Waals surface area (Å²) < 4.78 is 19.8. The Morgan fingerprint density at radius 1 is 0.929 bits per heavy atom. The van der Waals surface area contributed by atoms with E-state index >= 15 is 0 Å². The lowest BCUT2D eigenvalue weighted by Gasteiger charge is -2.45. The highest BCUT2D eigenvalue weighted by Gasteiger charge is 2.51. The van der Waals surface area contributed by atoms with Gasteiger partial charge in [0.2, 0.25) is 0 Å². The van der Waals surface area contributed by atoms with Crippen molar-refractivity contribution in [3.63, 3.8) is 0 Å². The SMILES string of the molecule is C=C1CC[C@H](O[Si](C)(C)C)C/C1=C\C=C1/CCC[C@]2(C)[C@@H]([C@@H](CCCC(C)(C)O[Si](C)(C)C)CO[Si](C)(C)C)CC[C@@H]12. The van der Waals surface area contributed by atoms with Crippen LogP contribution in [0.2, 0.25) is 58.9 Å². The van der Waals surface area contributed by atoms with Crippen LogP contribution in [-0.4, -0.2) is 43.3 Å². The van der Waals surface area contributed by atoms with Crippen molar-refractivity contribution in [1.82, 2.24) is 0 Å². The van der Waals surface area contributed by atoms with Gasteiger partial charge in [0.05, 0.1) is 5.60 Å². The van der Waals surface area contributed by atoms with Crippen LogP contribution in [-0.2, 0) is 13.3 Å². The summed E-state index contributed by atoms with van der Waals surface area (Å²) in [7, 11) is -4.67. The Morgan fingerprint density at radius 3 is 2.24 bits per heavy atom. The maximum Gasteiger partial charge on any atom is 0.184 e. The van der Waals surface area contributed by atoms with Crippen molar-refractivity contribution in [3.05, 3.63) is 35.5 Å². The molecule has 0 aromatic rings. The molecule has 3 fully saturated rings. The second kappa shape index (κ2) is 14.0. The van der Waals surface area contributed by atoms with Gasteiger partial charge in [-0.1, -0.05) is 43.2 Å². The van der Waals surface area contributed by atoms with Crippen molar-refractivity contribution >= 4 is 25.0 Å². The fourth-order valence-electron chi connectivity index (χ4n) is 8.46. The van der Waals surface area contributed by atoms with Gasteiger partial charge in [-0.3, -0.25) is 0 Å². The van der Waals surface area contributed by atoms with E-state index in [0.717, 1.165) is 38.2 Å². The Balaban J connectivity index is 1.76. The fraction of sp³-hybridized carbons (Fsp3) is 0.833. The lowest BCUT2D eigenvalue weighted by Crippen LogP contribution is -2.40. The molecule has 6 heteroatoms. The molecule has 5 atom stereocenters. The van der Waals surface area contributed by atoms with Crippen LogP contribution in [0, 0.1) is 23.2 Å². The second-order valence-corrected chi connectivity index (χ2v) is 31.2. The van der Waals surface area contributed by atoms with Crippen molar-refractivity contribution < 1.29 is 13.3 Å². The van der Waals surface area contributed by atoms with Crippen LogP contribution in [0.3, 0.4) is 0 Å². The molecule has 3 nitrogen and oxygen atoms in total. The minimum absolute atomic E-state index is 0.0345. The maximum absolute atomic E-state index is 6.67. The lowest BCUT2D eigenvalue weighted by atomic mass is 9.60. The summed E-state index contributed by atoms with van der Waals surface area (Å²) in [5, 5.41) is 0. The molecule has 3 saturated carbocycles. The average molecular weight is 633 g/mol. The first kappa shape index (κ1) is 36.2. The topological polar surface area (TPSA) is 27.7 Å². The molecule has 0 amide bonds. The molecule has 0 radical (unpaired) electrons. The van der Waals surface area contributed by atoms with Crippen LogP contribution in [0.1, 0.15) is 91.4 Å². The van der Waals surface area contributed by atoms with Gasteiger partial charge in [0, 0.05) is 12.7 Å². The van der Waals surface area contributed by atoms with Crippen LogP contribution >= 0.6 is 0 Å². The van der Waals surface area contributed by atoms with Gasteiger partial charge in [-0.2, -0.15) is 0 Å². The van der Waals surface area contributed by atoms with Crippen LogP contribution in [0.5, 0.6) is 0 Å². The number of hydrogen-bond donors (Lipinski definition) is 0. The molecule has 0 bridgehead atoms. The highest BCUT2D eigenvalue weighted by molar-refractivity contribution is 6.70. The third-order valence-corrected chi connectivity index (χ3v) is 13.2. The van der Waals surface area contributed by atoms with Crippen LogP contribution in [0.15, 0.2) is 35.5 Å². The quantitative estimate of drug-likeness (QED) is 0.189. The van der Waals surface area contributed by atoms with Gasteiger partial charge in [0.1, 0.15) is 0 Å². The molecule has 0 saturated heterocycles. The third-order valence-electron chi connectivity index (χ3n) is 9.96. The van der Waals surface area contributed by atoms with Gasteiger partial charge in [-0.15, -0.1) is 0 Å². The summed E-state index contributed by atoms with van der Waals surface area (Å²) in [4.78, 5) is 0. The van der Waals surface area contributed by atoms with Gasteiger partial charge < -0.3 is 13.3 Å². The third kappa shape index (κ3) is 11.0. The van der Waals surface area contributed by atoms with Gasteiger partial charge in [-0.25, -0.2) is 0 Å². The highest BCUT2D eigenvalue weighted by atomic mass is 28.4. The number of allylic oxidation sites excluding steroid dienone is 4. The van der Waals surface area contributed by atoms with Gasteiger partial charge in [0.15, 0.2) is 25.0 Å². The summed E-state index contributed by atoms with van der Waals surface area (Å²) in [6.45, 7) is 33.6. The Morgan fingerprint density at radius 2 is 1.62 bits per heavy atom. The molecule has 0 N–H and O–H groups in total. The monoisotopic (exact) mass is 632 g/mol. The number of rotatable bonds is 13. The molecule has 42 heavy (non-hydrogen) atoms. The lowest BCUT2D eigenvalue weighted by molar-refractivity contribution is 0.0504. The molecule has 0 heterocycles. The first-order chi connectivity index (χ1) is 19.2. The zero-order chi connectivity index (χ0) is 31.6. The van der Waals surface area contributed by atoms with Crippen molar-refractivity contribution in [2.75, 3.05) is 6.61 Å². The molecular weight excluding hydrogens is 565 g/mol. The minimum atomic E-state index is -1.57. The summed E-state index contributed by atoms with van der Waals surface area (Å²) >= 11 is 0. The Kier molecular flexibility index (Phi) is 12.1. The highest BCUT2D eigenvalue weighted by Crippen LogP contribution is 2.60. The Labute approximate surface area is 264 Å². The van der Waals surface area contributed by atoms with E-state index in [9.17, 15) is 0 Å². The van der Waals surface area contributed by atoms with E-state index in [1.165, 1.54) is 56.1 Å². The Bertz CT molecular complexity index is 978. The zero-order valence-corrected chi connectivity index (χ0v) is 32.9. The van der Waals surface area contributed by atoms with E-state index in [2.05, 4.69) is 98.4 Å². The predicted molar refractivity (Wildman–Crippen MR) is 191 cm³/mol. The standard InChI is InChI=1S/C36H68O3Si3/c1-28-18-21-32(38-41(8,9)10)26-30(28)20-19-29-16-15-25-36(4)33(29)22-23-34(36)31(27-37-40(5,6)7)17-14-24-35(2,3)39-42(11,12)13/h19-20,31-34H,1,14-18,21-27H2,2-13H3/b29-19+,30-20+/t31-,32-,33-,34+,36-/m0/s1. The normalized spacial score (nSPS) is 30.7. The van der Waals surface area contributed by atoms with E-state index in [1.807, 2.05) is 0 Å². The fourth-order valence-corrected chi connectivity index (χ4v) is 12.1. The number of fused-ring (bicyclic) bond motifs is 1. The van der Waals surface area contributed by atoms with Crippen molar-refractivity contribution in [2.45, 2.75) is 162 Å². The van der Waals surface area contributed by atoms with Gasteiger partial charge >= 0.3 is 0 Å². The van der Waals surface area contributed by atoms with Crippen molar-refractivity contribution in [1.29, 1.82) is 0 Å². The first-order valence-electron chi connectivity index (χ1n) is 17.3. The van der Waals surface area contributed by atoms with Crippen LogP contribution in [0.4, 0.5) is 0 Å². The largest absolute Gasteiger partial charge is 0.417 e. The number of hydrogen-bond acceptors (Lipinski definition) is 3. The van der Waals surface area contributed by atoms with Gasteiger partial charge in [0.25, 0.3) is 0 Å². The molecule has 242 valence electrons. The molecule has 0 aromatic heterocycles. The molecule has 0 spiro atoms. The van der Waals surface area contributed by atoms with E-state index in [0.29, 0.717) is 23.4 Å². The summed E-state index contributed by atoms with van der Waals surface area (Å²) in [5.74, 6) is 2.10. The molecule has 0 aliphatic heterocycles. The minimum Gasteiger partial charge on any atom is -0.417 e. The molecular formula is C36H68O3Si3. The van der Waals surface area contributed by atoms with Crippen LogP contribution in [0.25, 0.3) is 0 Å². The average Bonchev–Trinajstić information content (AvgIpc) is 3.16. The summed E-state index contributed by atoms with van der Waals surface area (Å²) in [5.41, 5.74) is 4.81. The summed E-state index contributed by atoms with van der Waals surface area (Å²) in [6.07, 6.45) is 18.8. The molecule has 0 unspecified atom stereocenters. The second-order valence-electron chi connectivity index (χ2n) is 17.8. The predicted octanol–water partition coefficient (Wildman–Crippen LogP) is 11.3. The molecule has 0 aromatic carbocycles. The summed E-state index contributed by atoms with van der Waals surface area (Å²) in [6, 6.07) is 0. The van der Waals surface area contributed by atoms with E-state index in [-0.39, 0.29) is 5.60 Å². The van der Waals surface area contributed by atoms with Crippen molar-refractivity contribution in [3.8, 4) is 0 Å². The van der Waals surface area contributed by atoms with E-state index in [4.69, 9.17) is 13.3 Å². The van der Waals surface area contributed by atoms with E-state index in [1.54, 1.807) is 5.57 Å². The zero-order valence-electron chi connectivity index (χ0n) is 29.9. The molecule has 3 aliphatic rings. The maximum atomic E-state index is 6.67. The van der Waals surface area contributed by atoms with Crippen LogP contribution < -0.4 is 0 Å². The molecule has 3 rings (SSSR count). The van der Waals surface area contributed by atoms with Crippen molar-refractivity contribution in [2.24, 2.45) is 23.2 Å².